The standard InChI is InChI=1S/C28H33ClN2O4S/c1-20(2)35-25-13-10-23(11-14-25)6-5-17-30-28(32)19-31(27-18-24(29)12-9-22(27)4)36(33,34)26-15-7-21(3)8-16-26/h7-16,18,20H,5-6,17,19H2,1-4H3,(H,30,32). The van der Waals surface area contributed by atoms with Crippen LogP contribution < -0.4 is 14.4 Å². The van der Waals surface area contributed by atoms with Crippen LogP contribution in [0.4, 0.5) is 5.69 Å². The van der Waals surface area contributed by atoms with Crippen molar-refractivity contribution in [1.29, 1.82) is 0 Å². The van der Waals surface area contributed by atoms with Gasteiger partial charge in [0.1, 0.15) is 12.3 Å². The van der Waals surface area contributed by atoms with Crippen LogP contribution in [0.1, 0.15) is 37.0 Å². The second-order valence-corrected chi connectivity index (χ2v) is 11.3. The SMILES string of the molecule is Cc1ccc(S(=O)(=O)N(CC(=O)NCCCc2ccc(OC(C)C)cc2)c2cc(Cl)ccc2C)cc1. The molecule has 6 nitrogen and oxygen atoms in total. The molecule has 36 heavy (non-hydrogen) atoms. The smallest absolute Gasteiger partial charge is 0.264 e. The van der Waals surface area contributed by atoms with Crippen LogP contribution in [0.15, 0.2) is 71.6 Å². The van der Waals surface area contributed by atoms with E-state index in [-0.39, 0.29) is 23.5 Å². The summed E-state index contributed by atoms with van der Waals surface area (Å²) in [6.07, 6.45) is 1.62. The van der Waals surface area contributed by atoms with Crippen molar-refractivity contribution in [2.24, 2.45) is 0 Å². The summed E-state index contributed by atoms with van der Waals surface area (Å²) >= 11 is 6.18. The first-order valence-electron chi connectivity index (χ1n) is 11.9. The van der Waals surface area contributed by atoms with Crippen LogP contribution in [0, 0.1) is 13.8 Å². The molecular formula is C28H33ClN2O4S. The molecule has 3 aromatic carbocycles. The molecular weight excluding hydrogens is 496 g/mol. The van der Waals surface area contributed by atoms with Crippen LogP contribution in [0.3, 0.4) is 0 Å². The summed E-state index contributed by atoms with van der Waals surface area (Å²) in [5, 5.41) is 3.25. The lowest BCUT2D eigenvalue weighted by Crippen LogP contribution is -2.41. The van der Waals surface area contributed by atoms with E-state index >= 15 is 0 Å². The van der Waals surface area contributed by atoms with Crippen LogP contribution in [-0.4, -0.2) is 33.5 Å². The highest BCUT2D eigenvalue weighted by atomic mass is 35.5. The monoisotopic (exact) mass is 528 g/mol. The third kappa shape index (κ3) is 7.48. The Hall–Kier alpha value is -3.03. The van der Waals surface area contributed by atoms with Crippen molar-refractivity contribution in [3.05, 3.63) is 88.4 Å². The van der Waals surface area contributed by atoms with Gasteiger partial charge >= 0.3 is 0 Å². The van der Waals surface area contributed by atoms with Gasteiger partial charge < -0.3 is 10.1 Å². The van der Waals surface area contributed by atoms with Crippen LogP contribution in [0.25, 0.3) is 0 Å². The molecule has 0 aromatic heterocycles. The Kier molecular flexibility index (Phi) is 9.40. The van der Waals surface area contributed by atoms with Gasteiger partial charge in [0, 0.05) is 11.6 Å². The number of rotatable bonds is 11. The Labute approximate surface area is 219 Å². The zero-order chi connectivity index (χ0) is 26.3. The fraction of sp³-hybridized carbons (Fsp3) is 0.321. The zero-order valence-electron chi connectivity index (χ0n) is 21.1. The topological polar surface area (TPSA) is 75.7 Å². The highest BCUT2D eigenvalue weighted by Crippen LogP contribution is 2.29. The maximum atomic E-state index is 13.5. The van der Waals surface area contributed by atoms with Crippen molar-refractivity contribution in [3.63, 3.8) is 0 Å². The molecule has 0 heterocycles. The average molecular weight is 529 g/mol. The maximum Gasteiger partial charge on any atom is 0.264 e. The van der Waals surface area contributed by atoms with E-state index in [2.05, 4.69) is 5.32 Å². The van der Waals surface area contributed by atoms with Crippen LogP contribution >= 0.6 is 11.6 Å². The number of carbonyl (C=O) groups is 1. The van der Waals surface area contributed by atoms with Crippen molar-refractivity contribution < 1.29 is 17.9 Å². The molecule has 0 aliphatic heterocycles. The molecule has 3 rings (SSSR count). The van der Waals surface area contributed by atoms with Crippen molar-refractivity contribution in [1.82, 2.24) is 5.32 Å². The molecule has 192 valence electrons. The van der Waals surface area contributed by atoms with E-state index in [1.807, 2.05) is 45.0 Å². The molecule has 0 bridgehead atoms. The number of benzene rings is 3. The molecule has 0 radical (unpaired) electrons. The molecule has 0 saturated heterocycles. The number of aryl methyl sites for hydroxylation is 3. The number of sulfonamides is 1. The molecule has 0 saturated carbocycles. The number of amides is 1. The van der Waals surface area contributed by atoms with E-state index in [1.54, 1.807) is 49.4 Å². The van der Waals surface area contributed by atoms with E-state index in [4.69, 9.17) is 16.3 Å². The minimum Gasteiger partial charge on any atom is -0.491 e. The Bertz CT molecular complexity index is 1270. The first-order chi connectivity index (χ1) is 17.1. The van der Waals surface area contributed by atoms with E-state index in [0.29, 0.717) is 22.8 Å². The van der Waals surface area contributed by atoms with Gasteiger partial charge in [-0.25, -0.2) is 8.42 Å². The predicted octanol–water partition coefficient (Wildman–Crippen LogP) is 5.69. The van der Waals surface area contributed by atoms with Gasteiger partial charge in [-0.2, -0.15) is 0 Å². The van der Waals surface area contributed by atoms with Crippen molar-refractivity contribution in [3.8, 4) is 5.75 Å². The second-order valence-electron chi connectivity index (χ2n) is 9.02. The van der Waals surface area contributed by atoms with E-state index in [9.17, 15) is 13.2 Å². The fourth-order valence-electron chi connectivity index (χ4n) is 3.70. The summed E-state index contributed by atoms with van der Waals surface area (Å²) in [6, 6.07) is 19.5. The summed E-state index contributed by atoms with van der Waals surface area (Å²) in [7, 11) is -3.99. The minimum absolute atomic E-state index is 0.116. The maximum absolute atomic E-state index is 13.5. The number of carbonyl (C=O) groups excluding carboxylic acids is 1. The first-order valence-corrected chi connectivity index (χ1v) is 13.8. The zero-order valence-corrected chi connectivity index (χ0v) is 22.7. The number of anilines is 1. The molecule has 3 aromatic rings. The van der Waals surface area contributed by atoms with Crippen molar-refractivity contribution in [2.75, 3.05) is 17.4 Å². The predicted molar refractivity (Wildman–Crippen MR) is 145 cm³/mol. The average Bonchev–Trinajstić information content (AvgIpc) is 2.83. The van der Waals surface area contributed by atoms with Crippen LogP contribution in [-0.2, 0) is 21.2 Å². The summed E-state index contributed by atoms with van der Waals surface area (Å²) in [5.41, 5.74) is 3.16. The van der Waals surface area contributed by atoms with Gasteiger partial charge in [0.25, 0.3) is 10.0 Å². The number of nitrogens with zero attached hydrogens (tertiary/aromatic N) is 1. The Balaban J connectivity index is 1.67. The third-order valence-corrected chi connectivity index (χ3v) is 7.60. The number of hydrogen-bond donors (Lipinski definition) is 1. The molecule has 0 aliphatic carbocycles. The highest BCUT2D eigenvalue weighted by Gasteiger charge is 2.28. The van der Waals surface area contributed by atoms with Crippen molar-refractivity contribution >= 4 is 33.2 Å². The summed E-state index contributed by atoms with van der Waals surface area (Å²) in [4.78, 5) is 13.0. The molecule has 1 amide bonds. The van der Waals surface area contributed by atoms with Gasteiger partial charge in [-0.05, 0) is 88.1 Å². The minimum atomic E-state index is -3.99. The quantitative estimate of drug-likeness (QED) is 0.324. The molecule has 0 fully saturated rings. The lowest BCUT2D eigenvalue weighted by molar-refractivity contribution is -0.119. The summed E-state index contributed by atoms with van der Waals surface area (Å²) in [5.74, 6) is 0.444. The molecule has 0 unspecified atom stereocenters. The first kappa shape index (κ1) is 27.6. The van der Waals surface area contributed by atoms with Gasteiger partial charge in [-0.1, -0.05) is 47.5 Å². The Morgan fingerprint density at radius 3 is 2.31 bits per heavy atom. The number of halogens is 1. The van der Waals surface area contributed by atoms with Crippen LogP contribution in [0.5, 0.6) is 5.75 Å². The van der Waals surface area contributed by atoms with Gasteiger partial charge in [-0.15, -0.1) is 0 Å². The molecule has 0 aliphatic rings. The van der Waals surface area contributed by atoms with E-state index < -0.39 is 10.0 Å². The number of nitrogens with one attached hydrogen (secondary N) is 1. The lowest BCUT2D eigenvalue weighted by Gasteiger charge is -2.26. The molecule has 0 atom stereocenters. The number of ether oxygens (including phenoxy) is 1. The van der Waals surface area contributed by atoms with Gasteiger partial charge in [0.2, 0.25) is 5.91 Å². The molecule has 0 spiro atoms. The van der Waals surface area contributed by atoms with Crippen molar-refractivity contribution in [2.45, 2.75) is 51.5 Å². The van der Waals surface area contributed by atoms with Gasteiger partial charge in [0.15, 0.2) is 0 Å². The molecule has 1 N–H and O–H groups in total. The number of hydrogen-bond acceptors (Lipinski definition) is 4. The van der Waals surface area contributed by atoms with Gasteiger partial charge in [0.05, 0.1) is 16.7 Å². The largest absolute Gasteiger partial charge is 0.491 e. The lowest BCUT2D eigenvalue weighted by atomic mass is 10.1. The summed E-state index contributed by atoms with van der Waals surface area (Å²) in [6.45, 7) is 7.72. The van der Waals surface area contributed by atoms with E-state index in [1.165, 1.54) is 0 Å². The van der Waals surface area contributed by atoms with Crippen LogP contribution in [0.2, 0.25) is 5.02 Å². The normalized spacial score (nSPS) is 11.4. The second kappa shape index (κ2) is 12.3. The Morgan fingerprint density at radius 2 is 1.67 bits per heavy atom. The Morgan fingerprint density at radius 1 is 1.00 bits per heavy atom. The summed E-state index contributed by atoms with van der Waals surface area (Å²) < 4.78 is 33.9. The van der Waals surface area contributed by atoms with E-state index in [0.717, 1.165) is 34.0 Å². The highest BCUT2D eigenvalue weighted by molar-refractivity contribution is 7.92. The fourth-order valence-corrected chi connectivity index (χ4v) is 5.35. The molecule has 8 heteroatoms. The third-order valence-electron chi connectivity index (χ3n) is 5.60. The van der Waals surface area contributed by atoms with Gasteiger partial charge in [-0.3, -0.25) is 9.10 Å².